The lowest BCUT2D eigenvalue weighted by Gasteiger charge is -2.45. The zero-order valence-electron chi connectivity index (χ0n) is 23.6. The summed E-state index contributed by atoms with van der Waals surface area (Å²) >= 11 is 0. The Hall–Kier alpha value is -3.95. The highest BCUT2D eigenvalue weighted by Gasteiger charge is 2.56. The molecule has 2 aromatic rings. The number of piperidine rings is 1. The fourth-order valence-electron chi connectivity index (χ4n) is 5.81. The third kappa shape index (κ3) is 5.14. The van der Waals surface area contributed by atoms with E-state index in [1.165, 1.54) is 24.3 Å². The Kier molecular flexibility index (Phi) is 8.18. The van der Waals surface area contributed by atoms with Crippen LogP contribution in [0.25, 0.3) is 0 Å². The maximum Gasteiger partial charge on any atom is 0.335 e. The van der Waals surface area contributed by atoms with Crippen molar-refractivity contribution in [3.63, 3.8) is 0 Å². The number of nitrogens with one attached hydrogen (secondary N) is 1. The average Bonchev–Trinajstić information content (AvgIpc) is 3.12. The van der Waals surface area contributed by atoms with E-state index in [-0.39, 0.29) is 35.0 Å². The van der Waals surface area contributed by atoms with Gasteiger partial charge in [0.15, 0.2) is 0 Å². The Balaban J connectivity index is 1.52. The molecule has 2 atom stereocenters. The Morgan fingerprint density at radius 3 is 2.27 bits per heavy atom. The van der Waals surface area contributed by atoms with Crippen molar-refractivity contribution in [2.45, 2.75) is 64.7 Å². The Labute approximate surface area is 233 Å². The van der Waals surface area contributed by atoms with E-state index in [4.69, 9.17) is 0 Å². The lowest BCUT2D eigenvalue weighted by molar-refractivity contribution is -0.139. The summed E-state index contributed by atoms with van der Waals surface area (Å²) in [5.41, 5.74) is 0.749. The maximum atomic E-state index is 14.4. The predicted molar refractivity (Wildman–Crippen MR) is 149 cm³/mol. The summed E-state index contributed by atoms with van der Waals surface area (Å²) in [7, 11) is 1.74. The molecule has 2 saturated heterocycles. The summed E-state index contributed by atoms with van der Waals surface area (Å²) in [6.07, 6.45) is 1.13. The lowest BCUT2D eigenvalue weighted by atomic mass is 9.84. The van der Waals surface area contributed by atoms with Gasteiger partial charge in [0.2, 0.25) is 11.8 Å². The first-order chi connectivity index (χ1) is 18.9. The molecule has 1 spiro atoms. The van der Waals surface area contributed by atoms with Gasteiger partial charge >= 0.3 is 5.97 Å². The molecule has 2 aromatic carbocycles. The van der Waals surface area contributed by atoms with E-state index in [1.807, 2.05) is 32.6 Å². The standard InChI is InChI=1S/C30H37FN4O5/c1-6-20-7-12-24(31)23(17-20)26(36)32-25(18(2)3)27(37)34-15-13-30(14-16-34)29(40)33(5)19(4)35(30)22-10-8-21(9-11-22)28(38)39/h7-12,17-19,25H,6,13-16H2,1-5H3,(H,32,36)(H,38,39)/t19-,25+/m0/s1. The SMILES string of the molecule is CCc1ccc(F)c(C(=O)N[C@@H](C(=O)N2CCC3(CC2)C(=O)N(C)[C@H](C)N3c2ccc(C(=O)O)cc2)C(C)C)c1. The van der Waals surface area contributed by atoms with E-state index >= 15 is 0 Å². The minimum absolute atomic E-state index is 0.0468. The number of aromatic carboxylic acids is 1. The van der Waals surface area contributed by atoms with Crippen LogP contribution in [0, 0.1) is 11.7 Å². The molecule has 2 N–H and O–H groups in total. The van der Waals surface area contributed by atoms with Gasteiger partial charge in [-0.1, -0.05) is 26.8 Å². The molecule has 2 aliphatic rings. The number of amides is 3. The van der Waals surface area contributed by atoms with E-state index in [0.29, 0.717) is 32.4 Å². The molecule has 0 unspecified atom stereocenters. The highest BCUT2D eigenvalue weighted by Crippen LogP contribution is 2.42. The van der Waals surface area contributed by atoms with Gasteiger partial charge in [0, 0.05) is 25.8 Å². The number of likely N-dealkylation sites (N-methyl/N-ethyl adjacent to an activating group) is 1. The van der Waals surface area contributed by atoms with Crippen LogP contribution in [0.3, 0.4) is 0 Å². The molecular formula is C30H37FN4O5. The maximum absolute atomic E-state index is 14.4. The predicted octanol–water partition coefficient (Wildman–Crippen LogP) is 3.53. The number of carboxylic acid groups (broad SMARTS) is 1. The van der Waals surface area contributed by atoms with Crippen molar-refractivity contribution < 1.29 is 28.7 Å². The molecule has 0 saturated carbocycles. The van der Waals surface area contributed by atoms with Gasteiger partial charge in [0.05, 0.1) is 11.1 Å². The molecule has 40 heavy (non-hydrogen) atoms. The normalized spacial score (nSPS) is 19.3. The number of carbonyl (C=O) groups excluding carboxylic acids is 3. The van der Waals surface area contributed by atoms with Crippen molar-refractivity contribution in [2.75, 3.05) is 25.0 Å². The van der Waals surface area contributed by atoms with Crippen LogP contribution in [0.2, 0.25) is 0 Å². The lowest BCUT2D eigenvalue weighted by Crippen LogP contribution is -2.60. The summed E-state index contributed by atoms with van der Waals surface area (Å²) in [6.45, 7) is 8.09. The molecular weight excluding hydrogens is 515 g/mol. The first-order valence-electron chi connectivity index (χ1n) is 13.7. The summed E-state index contributed by atoms with van der Waals surface area (Å²) < 4.78 is 14.4. The molecule has 0 aliphatic carbocycles. The van der Waals surface area contributed by atoms with Gasteiger partial charge in [-0.3, -0.25) is 14.4 Å². The second-order valence-corrected chi connectivity index (χ2v) is 11.0. The van der Waals surface area contributed by atoms with Crippen LogP contribution >= 0.6 is 0 Å². The molecule has 3 amide bonds. The number of benzene rings is 2. The molecule has 2 fully saturated rings. The van der Waals surface area contributed by atoms with E-state index in [2.05, 4.69) is 5.32 Å². The van der Waals surface area contributed by atoms with Crippen molar-refractivity contribution in [3.05, 3.63) is 65.0 Å². The van der Waals surface area contributed by atoms with Crippen LogP contribution in [-0.4, -0.2) is 76.5 Å². The number of carboxylic acids is 1. The second kappa shape index (κ2) is 11.3. The monoisotopic (exact) mass is 552 g/mol. The first-order valence-corrected chi connectivity index (χ1v) is 13.7. The Morgan fingerprint density at radius 2 is 1.73 bits per heavy atom. The third-order valence-electron chi connectivity index (χ3n) is 8.31. The number of hydrogen-bond donors (Lipinski definition) is 2. The van der Waals surface area contributed by atoms with Gasteiger partial charge in [0.25, 0.3) is 5.91 Å². The fourth-order valence-corrected chi connectivity index (χ4v) is 5.81. The molecule has 0 aromatic heterocycles. The van der Waals surface area contributed by atoms with Crippen molar-refractivity contribution in [1.29, 1.82) is 0 Å². The Bertz CT molecular complexity index is 1300. The van der Waals surface area contributed by atoms with E-state index in [0.717, 1.165) is 11.3 Å². The molecule has 9 nitrogen and oxygen atoms in total. The number of aryl methyl sites for hydroxylation is 1. The quantitative estimate of drug-likeness (QED) is 0.544. The number of carbonyl (C=O) groups is 4. The molecule has 4 rings (SSSR count). The number of anilines is 1. The molecule has 2 heterocycles. The molecule has 0 radical (unpaired) electrons. The molecule has 2 aliphatic heterocycles. The van der Waals surface area contributed by atoms with Gasteiger partial charge < -0.3 is 25.1 Å². The van der Waals surface area contributed by atoms with Gasteiger partial charge in [-0.25, -0.2) is 9.18 Å². The second-order valence-electron chi connectivity index (χ2n) is 11.0. The number of likely N-dealkylation sites (tertiary alicyclic amines) is 1. The zero-order valence-corrected chi connectivity index (χ0v) is 23.6. The smallest absolute Gasteiger partial charge is 0.335 e. The summed E-state index contributed by atoms with van der Waals surface area (Å²) in [5.74, 6) is -2.86. The zero-order chi connectivity index (χ0) is 29.4. The van der Waals surface area contributed by atoms with Crippen molar-refractivity contribution in [3.8, 4) is 0 Å². The summed E-state index contributed by atoms with van der Waals surface area (Å²) in [5, 5.41) is 12.0. The van der Waals surface area contributed by atoms with Crippen LogP contribution in [0.1, 0.15) is 66.8 Å². The van der Waals surface area contributed by atoms with Gasteiger partial charge in [-0.2, -0.15) is 0 Å². The number of hydrogen-bond acceptors (Lipinski definition) is 5. The molecule has 10 heteroatoms. The first kappa shape index (κ1) is 29.0. The number of nitrogens with zero attached hydrogens (tertiary/aromatic N) is 3. The van der Waals surface area contributed by atoms with E-state index in [1.54, 1.807) is 35.0 Å². The van der Waals surface area contributed by atoms with Gasteiger partial charge in [-0.15, -0.1) is 0 Å². The minimum Gasteiger partial charge on any atom is -0.478 e. The molecule has 0 bridgehead atoms. The summed E-state index contributed by atoms with van der Waals surface area (Å²) in [6, 6.07) is 10.0. The van der Waals surface area contributed by atoms with E-state index in [9.17, 15) is 28.7 Å². The highest BCUT2D eigenvalue weighted by atomic mass is 19.1. The van der Waals surface area contributed by atoms with Crippen molar-refractivity contribution in [1.82, 2.24) is 15.1 Å². The number of rotatable bonds is 7. The highest BCUT2D eigenvalue weighted by molar-refractivity contribution is 5.98. The van der Waals surface area contributed by atoms with Crippen LogP contribution in [0.4, 0.5) is 10.1 Å². The van der Waals surface area contributed by atoms with Gasteiger partial charge in [-0.05, 0) is 74.1 Å². The van der Waals surface area contributed by atoms with Crippen LogP contribution in [-0.2, 0) is 16.0 Å². The van der Waals surface area contributed by atoms with Crippen molar-refractivity contribution >= 4 is 29.4 Å². The van der Waals surface area contributed by atoms with Gasteiger partial charge in [0.1, 0.15) is 23.6 Å². The minimum atomic E-state index is -1.02. The summed E-state index contributed by atoms with van der Waals surface area (Å²) in [4.78, 5) is 56.9. The number of halogens is 1. The van der Waals surface area contributed by atoms with Crippen LogP contribution < -0.4 is 10.2 Å². The third-order valence-corrected chi connectivity index (χ3v) is 8.31. The largest absolute Gasteiger partial charge is 0.478 e. The fraction of sp³-hybridized carbons (Fsp3) is 0.467. The Morgan fingerprint density at radius 1 is 1.10 bits per heavy atom. The van der Waals surface area contributed by atoms with E-state index < -0.39 is 29.3 Å². The average molecular weight is 553 g/mol. The van der Waals surface area contributed by atoms with Crippen molar-refractivity contribution in [2.24, 2.45) is 5.92 Å². The van der Waals surface area contributed by atoms with Crippen LogP contribution in [0.15, 0.2) is 42.5 Å². The molecule has 214 valence electrons. The topological polar surface area (TPSA) is 110 Å². The van der Waals surface area contributed by atoms with Crippen LogP contribution in [0.5, 0.6) is 0 Å².